The molecule has 5 heteroatoms. The molecule has 1 aliphatic heterocycles. The number of aromatic nitrogens is 1. The van der Waals surface area contributed by atoms with Crippen LogP contribution in [0, 0.1) is 12.8 Å². The van der Waals surface area contributed by atoms with E-state index < -0.39 is 0 Å². The maximum absolute atomic E-state index is 5.76. The van der Waals surface area contributed by atoms with E-state index in [2.05, 4.69) is 10.3 Å². The minimum Gasteiger partial charge on any atom is -0.493 e. The standard InChI is InChI=1S/C12H18N2O.2ClH/c1-10-8-12(4-7-14-10)15-9-11-2-5-13-6-3-11;;/h4,7-8,11,13H,2-3,5-6,9H2,1H3;2*1H. The second-order valence-electron chi connectivity index (χ2n) is 4.14. The van der Waals surface area contributed by atoms with Crippen LogP contribution in [0.15, 0.2) is 18.3 Å². The fourth-order valence-electron chi connectivity index (χ4n) is 1.87. The number of hydrogen-bond donors (Lipinski definition) is 1. The summed E-state index contributed by atoms with van der Waals surface area (Å²) in [6.45, 7) is 5.08. The van der Waals surface area contributed by atoms with Crippen molar-refractivity contribution >= 4 is 24.8 Å². The van der Waals surface area contributed by atoms with Gasteiger partial charge in [0.05, 0.1) is 6.61 Å². The molecule has 3 nitrogen and oxygen atoms in total. The molecule has 2 rings (SSSR count). The van der Waals surface area contributed by atoms with Crippen LogP contribution < -0.4 is 10.1 Å². The first-order valence-electron chi connectivity index (χ1n) is 5.61. The van der Waals surface area contributed by atoms with Crippen LogP contribution in [0.1, 0.15) is 18.5 Å². The van der Waals surface area contributed by atoms with Gasteiger partial charge in [0.15, 0.2) is 0 Å². The van der Waals surface area contributed by atoms with Crippen molar-refractivity contribution in [2.45, 2.75) is 19.8 Å². The van der Waals surface area contributed by atoms with Crippen LogP contribution in [0.4, 0.5) is 0 Å². The van der Waals surface area contributed by atoms with Gasteiger partial charge in [-0.25, -0.2) is 0 Å². The molecule has 0 unspecified atom stereocenters. The number of piperidine rings is 1. The van der Waals surface area contributed by atoms with Crippen molar-refractivity contribution in [2.24, 2.45) is 5.92 Å². The van der Waals surface area contributed by atoms with E-state index in [9.17, 15) is 0 Å². The molecule has 0 atom stereocenters. The molecule has 0 spiro atoms. The predicted molar refractivity (Wildman–Crippen MR) is 74.6 cm³/mol. The monoisotopic (exact) mass is 278 g/mol. The Balaban J connectivity index is 0.00000128. The summed E-state index contributed by atoms with van der Waals surface area (Å²) in [7, 11) is 0. The zero-order chi connectivity index (χ0) is 10.5. The molecule has 1 fully saturated rings. The molecular weight excluding hydrogens is 259 g/mol. The van der Waals surface area contributed by atoms with Gasteiger partial charge in [0.1, 0.15) is 5.75 Å². The van der Waals surface area contributed by atoms with E-state index >= 15 is 0 Å². The van der Waals surface area contributed by atoms with Gasteiger partial charge >= 0.3 is 0 Å². The minimum atomic E-state index is 0. The maximum Gasteiger partial charge on any atom is 0.122 e. The first-order valence-corrected chi connectivity index (χ1v) is 5.61. The summed E-state index contributed by atoms with van der Waals surface area (Å²) in [4.78, 5) is 4.14. The van der Waals surface area contributed by atoms with E-state index in [1.54, 1.807) is 6.20 Å². The zero-order valence-electron chi connectivity index (χ0n) is 10.0. The number of nitrogens with zero attached hydrogens (tertiary/aromatic N) is 1. The summed E-state index contributed by atoms with van der Waals surface area (Å²) >= 11 is 0. The van der Waals surface area contributed by atoms with Crippen molar-refractivity contribution in [3.8, 4) is 5.75 Å². The third kappa shape index (κ3) is 5.57. The second kappa shape index (κ2) is 8.56. The van der Waals surface area contributed by atoms with Gasteiger partial charge < -0.3 is 10.1 Å². The van der Waals surface area contributed by atoms with Gasteiger partial charge in [-0.2, -0.15) is 0 Å². The average Bonchev–Trinajstić information content (AvgIpc) is 2.28. The number of nitrogens with one attached hydrogen (secondary N) is 1. The summed E-state index contributed by atoms with van der Waals surface area (Å²) in [5.74, 6) is 1.65. The number of halogens is 2. The molecule has 1 saturated heterocycles. The Kier molecular flexibility index (Phi) is 8.30. The van der Waals surface area contributed by atoms with Gasteiger partial charge in [-0.15, -0.1) is 24.8 Å². The lowest BCUT2D eigenvalue weighted by Crippen LogP contribution is -2.30. The Morgan fingerprint density at radius 3 is 2.71 bits per heavy atom. The highest BCUT2D eigenvalue weighted by Gasteiger charge is 2.13. The van der Waals surface area contributed by atoms with Crippen LogP contribution in [-0.2, 0) is 0 Å². The van der Waals surface area contributed by atoms with Crippen molar-refractivity contribution in [1.82, 2.24) is 10.3 Å². The quantitative estimate of drug-likeness (QED) is 0.923. The molecular formula is C12H20Cl2N2O. The zero-order valence-corrected chi connectivity index (χ0v) is 11.6. The van der Waals surface area contributed by atoms with Crippen LogP contribution in [0.3, 0.4) is 0 Å². The maximum atomic E-state index is 5.76. The van der Waals surface area contributed by atoms with E-state index in [-0.39, 0.29) is 24.8 Å². The fourth-order valence-corrected chi connectivity index (χ4v) is 1.87. The normalized spacial score (nSPS) is 15.6. The molecule has 2 heterocycles. The number of hydrogen-bond acceptors (Lipinski definition) is 3. The van der Waals surface area contributed by atoms with Crippen LogP contribution in [0.25, 0.3) is 0 Å². The Hall–Kier alpha value is -0.510. The van der Waals surface area contributed by atoms with Crippen LogP contribution in [-0.4, -0.2) is 24.7 Å². The van der Waals surface area contributed by atoms with Gasteiger partial charge in [-0.05, 0) is 44.8 Å². The van der Waals surface area contributed by atoms with E-state index in [4.69, 9.17) is 4.74 Å². The van der Waals surface area contributed by atoms with E-state index in [0.29, 0.717) is 5.92 Å². The number of aryl methyl sites for hydroxylation is 1. The van der Waals surface area contributed by atoms with E-state index in [1.807, 2.05) is 19.1 Å². The summed E-state index contributed by atoms with van der Waals surface area (Å²) in [5.41, 5.74) is 1.01. The lowest BCUT2D eigenvalue weighted by atomic mass is 9.99. The Labute approximate surface area is 115 Å². The van der Waals surface area contributed by atoms with Crippen molar-refractivity contribution in [3.05, 3.63) is 24.0 Å². The first kappa shape index (κ1) is 16.5. The lowest BCUT2D eigenvalue weighted by molar-refractivity contribution is 0.215. The molecule has 0 amide bonds. The number of rotatable bonds is 3. The van der Waals surface area contributed by atoms with Gasteiger partial charge in [-0.1, -0.05) is 0 Å². The van der Waals surface area contributed by atoms with Crippen LogP contribution in [0.5, 0.6) is 5.75 Å². The van der Waals surface area contributed by atoms with Gasteiger partial charge in [0.2, 0.25) is 0 Å². The lowest BCUT2D eigenvalue weighted by Gasteiger charge is -2.22. The molecule has 1 aromatic heterocycles. The highest BCUT2D eigenvalue weighted by molar-refractivity contribution is 5.85. The summed E-state index contributed by atoms with van der Waals surface area (Å²) in [6.07, 6.45) is 4.25. The first-order chi connectivity index (χ1) is 7.34. The molecule has 0 saturated carbocycles. The van der Waals surface area contributed by atoms with Gasteiger partial charge in [0.25, 0.3) is 0 Å². The van der Waals surface area contributed by atoms with E-state index in [1.165, 1.54) is 12.8 Å². The molecule has 0 aromatic carbocycles. The van der Waals surface area contributed by atoms with Crippen LogP contribution in [0.2, 0.25) is 0 Å². The van der Waals surface area contributed by atoms with Crippen molar-refractivity contribution in [2.75, 3.05) is 19.7 Å². The summed E-state index contributed by atoms with van der Waals surface area (Å²) < 4.78 is 5.76. The largest absolute Gasteiger partial charge is 0.493 e. The smallest absolute Gasteiger partial charge is 0.122 e. The molecule has 1 N–H and O–H groups in total. The molecule has 0 radical (unpaired) electrons. The highest BCUT2D eigenvalue weighted by atomic mass is 35.5. The fraction of sp³-hybridized carbons (Fsp3) is 0.583. The van der Waals surface area contributed by atoms with Crippen molar-refractivity contribution < 1.29 is 4.74 Å². The van der Waals surface area contributed by atoms with E-state index in [0.717, 1.165) is 31.1 Å². The highest BCUT2D eigenvalue weighted by Crippen LogP contribution is 2.16. The third-order valence-electron chi connectivity index (χ3n) is 2.81. The summed E-state index contributed by atoms with van der Waals surface area (Å²) in [6, 6.07) is 3.91. The second-order valence-corrected chi connectivity index (χ2v) is 4.14. The molecule has 0 aliphatic carbocycles. The predicted octanol–water partition coefficient (Wildman–Crippen LogP) is 2.61. The molecule has 1 aromatic rings. The Morgan fingerprint density at radius 2 is 2.06 bits per heavy atom. The average molecular weight is 279 g/mol. The minimum absolute atomic E-state index is 0. The van der Waals surface area contributed by atoms with Crippen molar-refractivity contribution in [1.29, 1.82) is 0 Å². The topological polar surface area (TPSA) is 34.1 Å². The Morgan fingerprint density at radius 1 is 1.35 bits per heavy atom. The SMILES string of the molecule is Cc1cc(OCC2CCNCC2)ccn1.Cl.Cl. The van der Waals surface area contributed by atoms with Crippen LogP contribution >= 0.6 is 24.8 Å². The number of ether oxygens (including phenoxy) is 1. The molecule has 98 valence electrons. The van der Waals surface area contributed by atoms with Gasteiger partial charge in [-0.3, -0.25) is 4.98 Å². The van der Waals surface area contributed by atoms with Gasteiger partial charge in [0, 0.05) is 18.0 Å². The Bertz CT molecular complexity index is 317. The van der Waals surface area contributed by atoms with Crippen molar-refractivity contribution in [3.63, 3.8) is 0 Å². The third-order valence-corrected chi connectivity index (χ3v) is 2.81. The number of pyridine rings is 1. The molecule has 0 bridgehead atoms. The summed E-state index contributed by atoms with van der Waals surface area (Å²) in [5, 5.41) is 3.36. The molecule has 1 aliphatic rings. The molecule has 17 heavy (non-hydrogen) atoms.